The Bertz CT molecular complexity index is 1850. The van der Waals surface area contributed by atoms with Gasteiger partial charge in [-0.05, 0) is 90.0 Å². The van der Waals surface area contributed by atoms with Crippen LogP contribution in [0.5, 0.6) is 5.75 Å². The van der Waals surface area contributed by atoms with E-state index in [1.807, 2.05) is 12.1 Å². The zero-order valence-electron chi connectivity index (χ0n) is 27.2. The average Bonchev–Trinajstić information content (AvgIpc) is 3.53. The van der Waals surface area contributed by atoms with Crippen LogP contribution in [0.3, 0.4) is 0 Å². The number of carboxylic acid groups (broad SMARTS) is 1. The number of anilines is 1. The van der Waals surface area contributed by atoms with Crippen molar-refractivity contribution in [3.05, 3.63) is 125 Å². The predicted molar refractivity (Wildman–Crippen MR) is 182 cm³/mol. The Hall–Kier alpha value is -4.68. The highest BCUT2D eigenvalue weighted by atomic mass is 32.2. The molecule has 5 rings (SSSR count). The molecule has 12 heteroatoms. The lowest BCUT2D eigenvalue weighted by atomic mass is 9.96. The molecule has 1 heterocycles. The SMILES string of the molecule is CCCCCc1ccc(C2CC(c3ccc(OC(F)(F)F)cc3)=NN2c2ccc(S(=O)(=O)N(C)C(Cc3ccccc3)C(=O)O)cc2)cc1. The van der Waals surface area contributed by atoms with E-state index in [0.29, 0.717) is 28.9 Å². The van der Waals surface area contributed by atoms with Gasteiger partial charge in [-0.15, -0.1) is 13.2 Å². The summed E-state index contributed by atoms with van der Waals surface area (Å²) >= 11 is 0. The van der Waals surface area contributed by atoms with Crippen LogP contribution in [-0.2, 0) is 27.7 Å². The third-order valence-electron chi connectivity index (χ3n) is 8.54. The lowest BCUT2D eigenvalue weighted by Gasteiger charge is -2.26. The summed E-state index contributed by atoms with van der Waals surface area (Å²) in [4.78, 5) is 12.1. The summed E-state index contributed by atoms with van der Waals surface area (Å²) in [6.45, 7) is 2.16. The summed E-state index contributed by atoms with van der Waals surface area (Å²) in [5.74, 6) is -1.60. The quantitative estimate of drug-likeness (QED) is 0.135. The van der Waals surface area contributed by atoms with Gasteiger partial charge in [-0.3, -0.25) is 9.80 Å². The van der Waals surface area contributed by atoms with Crippen molar-refractivity contribution in [3.63, 3.8) is 0 Å². The minimum absolute atomic E-state index is 0.00234. The highest BCUT2D eigenvalue weighted by molar-refractivity contribution is 7.89. The highest BCUT2D eigenvalue weighted by Gasteiger charge is 2.35. The van der Waals surface area contributed by atoms with Gasteiger partial charge in [-0.25, -0.2) is 8.42 Å². The molecule has 0 amide bonds. The van der Waals surface area contributed by atoms with E-state index in [1.165, 1.54) is 49.0 Å². The minimum atomic E-state index is -4.80. The Morgan fingerprint density at radius 2 is 1.59 bits per heavy atom. The molecule has 0 fully saturated rings. The number of hydrogen-bond acceptors (Lipinski definition) is 6. The molecular formula is C37H38F3N3O5S. The van der Waals surface area contributed by atoms with Crippen molar-refractivity contribution in [1.82, 2.24) is 4.31 Å². The van der Waals surface area contributed by atoms with E-state index in [2.05, 4.69) is 23.8 Å². The number of hydrogen-bond donors (Lipinski definition) is 1. The monoisotopic (exact) mass is 693 g/mol. The number of aliphatic carboxylic acids is 1. The van der Waals surface area contributed by atoms with E-state index in [-0.39, 0.29) is 23.1 Å². The van der Waals surface area contributed by atoms with Crippen LogP contribution in [0.2, 0.25) is 0 Å². The number of rotatable bonds is 14. The van der Waals surface area contributed by atoms with Crippen LogP contribution in [-0.4, -0.2) is 49.0 Å². The van der Waals surface area contributed by atoms with E-state index < -0.39 is 28.4 Å². The first kappa shape index (κ1) is 35.6. The van der Waals surface area contributed by atoms with Gasteiger partial charge in [-0.2, -0.15) is 9.41 Å². The minimum Gasteiger partial charge on any atom is -0.480 e. The lowest BCUT2D eigenvalue weighted by molar-refractivity contribution is -0.274. The van der Waals surface area contributed by atoms with Gasteiger partial charge in [0.25, 0.3) is 0 Å². The molecule has 0 saturated heterocycles. The number of nitrogens with zero attached hydrogens (tertiary/aromatic N) is 3. The number of carbonyl (C=O) groups is 1. The molecule has 0 aromatic heterocycles. The molecule has 0 radical (unpaired) electrons. The average molecular weight is 694 g/mol. The second kappa shape index (κ2) is 15.3. The van der Waals surface area contributed by atoms with Gasteiger partial charge in [0, 0.05) is 13.5 Å². The molecule has 0 bridgehead atoms. The number of aryl methyl sites for hydroxylation is 1. The van der Waals surface area contributed by atoms with E-state index in [4.69, 9.17) is 5.10 Å². The summed E-state index contributed by atoms with van der Waals surface area (Å²) < 4.78 is 70.3. The molecule has 2 unspecified atom stereocenters. The van der Waals surface area contributed by atoms with Crippen molar-refractivity contribution in [1.29, 1.82) is 0 Å². The van der Waals surface area contributed by atoms with Gasteiger partial charge < -0.3 is 9.84 Å². The third kappa shape index (κ3) is 8.87. The van der Waals surface area contributed by atoms with Crippen molar-refractivity contribution in [2.24, 2.45) is 5.10 Å². The number of halogens is 3. The van der Waals surface area contributed by atoms with Crippen LogP contribution in [0, 0.1) is 0 Å². The van der Waals surface area contributed by atoms with Crippen molar-refractivity contribution >= 4 is 27.4 Å². The van der Waals surface area contributed by atoms with Crippen LogP contribution in [0.15, 0.2) is 113 Å². The van der Waals surface area contributed by atoms with Gasteiger partial charge in [0.05, 0.1) is 22.3 Å². The highest BCUT2D eigenvalue weighted by Crippen LogP contribution is 2.38. The number of carboxylic acids is 1. The summed E-state index contributed by atoms with van der Waals surface area (Å²) in [6, 6.07) is 27.1. The van der Waals surface area contributed by atoms with E-state index >= 15 is 0 Å². The van der Waals surface area contributed by atoms with Crippen LogP contribution in [0.1, 0.15) is 60.9 Å². The van der Waals surface area contributed by atoms with Gasteiger partial charge in [0.1, 0.15) is 11.8 Å². The molecule has 258 valence electrons. The van der Waals surface area contributed by atoms with E-state index in [9.17, 15) is 31.5 Å². The third-order valence-corrected chi connectivity index (χ3v) is 10.4. The topological polar surface area (TPSA) is 99.5 Å². The number of likely N-dealkylation sites (N-methyl/N-ethyl adjacent to an activating group) is 1. The maximum Gasteiger partial charge on any atom is 0.573 e. The molecule has 49 heavy (non-hydrogen) atoms. The zero-order valence-corrected chi connectivity index (χ0v) is 28.0. The number of benzene rings is 4. The fourth-order valence-electron chi connectivity index (χ4n) is 5.83. The molecule has 1 aliphatic rings. The molecule has 4 aromatic rings. The molecule has 1 aliphatic heterocycles. The van der Waals surface area contributed by atoms with Crippen molar-refractivity contribution in [2.45, 2.75) is 68.8 Å². The Morgan fingerprint density at radius 3 is 2.18 bits per heavy atom. The van der Waals surface area contributed by atoms with Crippen molar-refractivity contribution in [3.8, 4) is 5.75 Å². The molecule has 0 spiro atoms. The molecule has 0 aliphatic carbocycles. The van der Waals surface area contributed by atoms with Gasteiger partial charge in [-0.1, -0.05) is 74.4 Å². The van der Waals surface area contributed by atoms with E-state index in [1.54, 1.807) is 47.5 Å². The van der Waals surface area contributed by atoms with Gasteiger partial charge >= 0.3 is 12.3 Å². The maximum atomic E-state index is 13.6. The first-order chi connectivity index (χ1) is 23.4. The number of hydrazone groups is 1. The zero-order chi connectivity index (χ0) is 35.2. The number of sulfonamides is 1. The standard InChI is InChI=1S/C37H38F3N3O5S/c1-3-4-6-9-26-12-14-29(15-13-26)34-25-33(28-16-20-31(21-17-28)48-37(38,39)40)41-43(34)30-18-22-32(23-19-30)49(46,47)42(2)35(36(44)45)24-27-10-7-5-8-11-27/h5,7-8,10-23,34-35H,3-4,6,9,24-25H2,1-2H3,(H,44,45). The first-order valence-corrected chi connectivity index (χ1v) is 17.5. The van der Waals surface area contributed by atoms with E-state index in [0.717, 1.165) is 35.6 Å². The molecule has 8 nitrogen and oxygen atoms in total. The van der Waals surface area contributed by atoms with Gasteiger partial charge in [0.15, 0.2) is 0 Å². The molecule has 1 N–H and O–H groups in total. The summed E-state index contributed by atoms with van der Waals surface area (Å²) in [7, 11) is -2.93. The Labute approximate surface area is 284 Å². The number of alkyl halides is 3. The largest absolute Gasteiger partial charge is 0.573 e. The lowest BCUT2D eigenvalue weighted by Crippen LogP contribution is -2.43. The van der Waals surface area contributed by atoms with Crippen LogP contribution < -0.4 is 9.75 Å². The Kier molecular flexibility index (Phi) is 11.1. The summed E-state index contributed by atoms with van der Waals surface area (Å²) in [6.07, 6.45) is -0.0290. The second-order valence-electron chi connectivity index (χ2n) is 11.9. The number of unbranched alkanes of at least 4 members (excludes halogenated alkanes) is 2. The molecular weight excluding hydrogens is 655 g/mol. The molecule has 4 aromatic carbocycles. The van der Waals surface area contributed by atoms with Crippen LogP contribution in [0.4, 0.5) is 18.9 Å². The van der Waals surface area contributed by atoms with Crippen molar-refractivity contribution < 1.29 is 36.2 Å². The van der Waals surface area contributed by atoms with Gasteiger partial charge in [0.2, 0.25) is 10.0 Å². The first-order valence-electron chi connectivity index (χ1n) is 16.0. The summed E-state index contributed by atoms with van der Waals surface area (Å²) in [5.41, 5.74) is 4.72. The second-order valence-corrected chi connectivity index (χ2v) is 13.9. The fraction of sp³-hybridized carbons (Fsp3) is 0.297. The Balaban J connectivity index is 1.42. The van der Waals surface area contributed by atoms with Crippen LogP contribution in [0.25, 0.3) is 0 Å². The normalized spacial score (nSPS) is 15.7. The fourth-order valence-corrected chi connectivity index (χ4v) is 7.14. The summed E-state index contributed by atoms with van der Waals surface area (Å²) in [5, 5.41) is 16.5. The predicted octanol–water partition coefficient (Wildman–Crippen LogP) is 7.99. The number of ether oxygens (including phenoxy) is 1. The smallest absolute Gasteiger partial charge is 0.480 e. The maximum absolute atomic E-state index is 13.6. The Morgan fingerprint density at radius 1 is 0.939 bits per heavy atom. The van der Waals surface area contributed by atoms with Crippen LogP contribution >= 0.6 is 0 Å². The molecule has 0 saturated carbocycles. The van der Waals surface area contributed by atoms with Crippen molar-refractivity contribution in [2.75, 3.05) is 12.1 Å². The molecule has 2 atom stereocenters.